The molecular formula is C11H24N2O2. The normalized spacial score (nSPS) is 12.9. The van der Waals surface area contributed by atoms with E-state index in [2.05, 4.69) is 24.1 Å². The maximum atomic E-state index is 11.3. The standard InChI is InChI=1S/C11H24N2O2/c1-5-10(11(14)15-4)12-8-9-13(6-2)7-3/h10,12H,5-9H2,1-4H3. The maximum absolute atomic E-state index is 11.3. The molecule has 0 aromatic carbocycles. The van der Waals surface area contributed by atoms with Crippen molar-refractivity contribution in [2.24, 2.45) is 0 Å². The molecular weight excluding hydrogens is 192 g/mol. The van der Waals surface area contributed by atoms with Crippen LogP contribution in [-0.2, 0) is 9.53 Å². The van der Waals surface area contributed by atoms with Gasteiger partial charge in [0.05, 0.1) is 7.11 Å². The zero-order chi connectivity index (χ0) is 11.7. The van der Waals surface area contributed by atoms with Crippen LogP contribution in [0.15, 0.2) is 0 Å². The number of nitrogens with zero attached hydrogens (tertiary/aromatic N) is 1. The lowest BCUT2D eigenvalue weighted by Gasteiger charge is -2.20. The van der Waals surface area contributed by atoms with Gasteiger partial charge in [-0.05, 0) is 19.5 Å². The quantitative estimate of drug-likeness (QED) is 0.611. The van der Waals surface area contributed by atoms with Gasteiger partial charge < -0.3 is 15.0 Å². The Hall–Kier alpha value is -0.610. The third-order valence-corrected chi connectivity index (χ3v) is 2.61. The van der Waals surface area contributed by atoms with Crippen LogP contribution in [0.25, 0.3) is 0 Å². The summed E-state index contributed by atoms with van der Waals surface area (Å²) in [6.45, 7) is 10.2. The van der Waals surface area contributed by atoms with Crippen LogP contribution in [0.2, 0.25) is 0 Å². The highest BCUT2D eigenvalue weighted by molar-refractivity contribution is 5.75. The van der Waals surface area contributed by atoms with Crippen molar-refractivity contribution in [3.8, 4) is 0 Å². The largest absolute Gasteiger partial charge is 0.468 e. The second kappa shape index (κ2) is 8.68. The Bertz CT molecular complexity index is 170. The van der Waals surface area contributed by atoms with Gasteiger partial charge in [-0.3, -0.25) is 4.79 Å². The number of hydrogen-bond acceptors (Lipinski definition) is 4. The molecule has 0 saturated carbocycles. The van der Waals surface area contributed by atoms with Crippen LogP contribution in [0.3, 0.4) is 0 Å². The SMILES string of the molecule is CCC(NCCN(CC)CC)C(=O)OC. The summed E-state index contributed by atoms with van der Waals surface area (Å²) in [5.41, 5.74) is 0. The van der Waals surface area contributed by atoms with E-state index in [1.165, 1.54) is 7.11 Å². The Morgan fingerprint density at radius 1 is 1.33 bits per heavy atom. The van der Waals surface area contributed by atoms with Crippen molar-refractivity contribution in [3.05, 3.63) is 0 Å². The lowest BCUT2D eigenvalue weighted by atomic mass is 10.2. The second-order valence-corrected chi connectivity index (χ2v) is 3.47. The Morgan fingerprint density at radius 3 is 2.33 bits per heavy atom. The number of hydrogen-bond donors (Lipinski definition) is 1. The lowest BCUT2D eigenvalue weighted by Crippen LogP contribution is -2.41. The van der Waals surface area contributed by atoms with Crippen LogP contribution in [0, 0.1) is 0 Å². The van der Waals surface area contributed by atoms with E-state index in [1.807, 2.05) is 6.92 Å². The predicted octanol–water partition coefficient (Wildman–Crippen LogP) is 0.869. The van der Waals surface area contributed by atoms with Crippen LogP contribution in [-0.4, -0.2) is 50.2 Å². The molecule has 15 heavy (non-hydrogen) atoms. The van der Waals surface area contributed by atoms with Gasteiger partial charge in [-0.1, -0.05) is 20.8 Å². The van der Waals surface area contributed by atoms with Crippen molar-refractivity contribution in [3.63, 3.8) is 0 Å². The minimum Gasteiger partial charge on any atom is -0.468 e. The van der Waals surface area contributed by atoms with Crippen molar-refractivity contribution in [2.45, 2.75) is 33.2 Å². The van der Waals surface area contributed by atoms with E-state index in [1.54, 1.807) is 0 Å². The fourth-order valence-corrected chi connectivity index (χ4v) is 1.47. The number of nitrogens with one attached hydrogen (secondary N) is 1. The molecule has 1 unspecified atom stereocenters. The van der Waals surface area contributed by atoms with Crippen molar-refractivity contribution in [1.29, 1.82) is 0 Å². The average Bonchev–Trinajstić information content (AvgIpc) is 2.28. The molecule has 90 valence electrons. The number of likely N-dealkylation sites (N-methyl/N-ethyl adjacent to an activating group) is 1. The number of esters is 1. The molecule has 1 N–H and O–H groups in total. The second-order valence-electron chi connectivity index (χ2n) is 3.47. The third-order valence-electron chi connectivity index (χ3n) is 2.61. The summed E-state index contributed by atoms with van der Waals surface area (Å²) in [7, 11) is 1.43. The minimum atomic E-state index is -0.169. The van der Waals surface area contributed by atoms with Gasteiger partial charge in [-0.2, -0.15) is 0 Å². The van der Waals surface area contributed by atoms with Crippen LogP contribution in [0.5, 0.6) is 0 Å². The van der Waals surface area contributed by atoms with Gasteiger partial charge >= 0.3 is 5.97 Å². The zero-order valence-electron chi connectivity index (χ0n) is 10.4. The van der Waals surface area contributed by atoms with Crippen LogP contribution < -0.4 is 5.32 Å². The van der Waals surface area contributed by atoms with E-state index in [0.29, 0.717) is 0 Å². The molecule has 4 heteroatoms. The van der Waals surface area contributed by atoms with E-state index in [9.17, 15) is 4.79 Å². The average molecular weight is 216 g/mol. The minimum absolute atomic E-state index is 0.162. The molecule has 0 radical (unpaired) electrons. The molecule has 0 bridgehead atoms. The number of methoxy groups -OCH3 is 1. The molecule has 0 aliphatic rings. The molecule has 0 spiro atoms. The summed E-state index contributed by atoms with van der Waals surface area (Å²) < 4.78 is 4.70. The first-order valence-electron chi connectivity index (χ1n) is 5.73. The molecule has 4 nitrogen and oxygen atoms in total. The van der Waals surface area contributed by atoms with E-state index >= 15 is 0 Å². The molecule has 0 aliphatic carbocycles. The summed E-state index contributed by atoms with van der Waals surface area (Å²) in [5.74, 6) is -0.169. The summed E-state index contributed by atoms with van der Waals surface area (Å²) >= 11 is 0. The van der Waals surface area contributed by atoms with E-state index in [4.69, 9.17) is 4.74 Å². The Labute approximate surface area is 93.0 Å². The third kappa shape index (κ3) is 5.74. The smallest absolute Gasteiger partial charge is 0.322 e. The number of carbonyl (C=O) groups is 1. The molecule has 0 fully saturated rings. The van der Waals surface area contributed by atoms with Crippen molar-refractivity contribution in [1.82, 2.24) is 10.2 Å². The van der Waals surface area contributed by atoms with E-state index in [0.717, 1.165) is 32.6 Å². The zero-order valence-corrected chi connectivity index (χ0v) is 10.4. The fourth-order valence-electron chi connectivity index (χ4n) is 1.47. The molecule has 0 aromatic rings. The first-order valence-corrected chi connectivity index (χ1v) is 5.73. The van der Waals surface area contributed by atoms with E-state index < -0.39 is 0 Å². The van der Waals surface area contributed by atoms with Gasteiger partial charge in [0, 0.05) is 13.1 Å². The van der Waals surface area contributed by atoms with Gasteiger partial charge in [0.1, 0.15) is 6.04 Å². The summed E-state index contributed by atoms with van der Waals surface area (Å²) in [6.07, 6.45) is 0.769. The topological polar surface area (TPSA) is 41.6 Å². The Kier molecular flexibility index (Phi) is 8.33. The van der Waals surface area contributed by atoms with Crippen molar-refractivity contribution in [2.75, 3.05) is 33.3 Å². The summed E-state index contributed by atoms with van der Waals surface area (Å²) in [4.78, 5) is 13.6. The molecule has 0 saturated heterocycles. The molecule has 0 heterocycles. The van der Waals surface area contributed by atoms with Crippen LogP contribution >= 0.6 is 0 Å². The predicted molar refractivity (Wildman–Crippen MR) is 61.9 cm³/mol. The van der Waals surface area contributed by atoms with Crippen molar-refractivity contribution >= 4 is 5.97 Å². The van der Waals surface area contributed by atoms with E-state index in [-0.39, 0.29) is 12.0 Å². The van der Waals surface area contributed by atoms with Crippen LogP contribution in [0.4, 0.5) is 0 Å². The summed E-state index contributed by atoms with van der Waals surface area (Å²) in [6, 6.07) is -0.162. The van der Waals surface area contributed by atoms with Gasteiger partial charge in [0.25, 0.3) is 0 Å². The van der Waals surface area contributed by atoms with Gasteiger partial charge in [-0.25, -0.2) is 0 Å². The van der Waals surface area contributed by atoms with Gasteiger partial charge in [0.15, 0.2) is 0 Å². The number of ether oxygens (including phenoxy) is 1. The molecule has 1 atom stereocenters. The highest BCUT2D eigenvalue weighted by atomic mass is 16.5. The lowest BCUT2D eigenvalue weighted by molar-refractivity contribution is -0.143. The van der Waals surface area contributed by atoms with Gasteiger partial charge in [0.2, 0.25) is 0 Å². The molecule has 0 aliphatic heterocycles. The van der Waals surface area contributed by atoms with Gasteiger partial charge in [-0.15, -0.1) is 0 Å². The highest BCUT2D eigenvalue weighted by Crippen LogP contribution is 1.94. The van der Waals surface area contributed by atoms with Crippen molar-refractivity contribution < 1.29 is 9.53 Å². The number of rotatable bonds is 8. The van der Waals surface area contributed by atoms with Crippen LogP contribution in [0.1, 0.15) is 27.2 Å². The fraction of sp³-hybridized carbons (Fsp3) is 0.909. The Balaban J connectivity index is 3.76. The first-order chi connectivity index (χ1) is 7.19. The molecule has 0 amide bonds. The monoisotopic (exact) mass is 216 g/mol. The maximum Gasteiger partial charge on any atom is 0.322 e. The molecule has 0 aromatic heterocycles. The first kappa shape index (κ1) is 14.4. The number of carbonyl (C=O) groups excluding carboxylic acids is 1. The summed E-state index contributed by atoms with van der Waals surface area (Å²) in [5, 5.41) is 3.20. The Morgan fingerprint density at radius 2 is 1.93 bits per heavy atom. The highest BCUT2D eigenvalue weighted by Gasteiger charge is 2.15. The molecule has 0 rings (SSSR count).